The third kappa shape index (κ3) is 2.71. The smallest absolute Gasteiger partial charge is 0.320 e. The molecule has 96 valence electrons. The largest absolute Gasteiger partial charge is 0.480 e. The summed E-state index contributed by atoms with van der Waals surface area (Å²) in [5.74, 6) is -0.0453. The summed E-state index contributed by atoms with van der Waals surface area (Å²) in [4.78, 5) is 11.0. The van der Waals surface area contributed by atoms with Gasteiger partial charge >= 0.3 is 5.97 Å². The summed E-state index contributed by atoms with van der Waals surface area (Å²) < 4.78 is 5.62. The van der Waals surface area contributed by atoms with Crippen molar-refractivity contribution in [3.8, 4) is 0 Å². The van der Waals surface area contributed by atoms with Gasteiger partial charge in [-0.3, -0.25) is 10.1 Å². The zero-order chi connectivity index (χ0) is 13.1. The van der Waals surface area contributed by atoms with Gasteiger partial charge in [-0.25, -0.2) is 0 Å². The van der Waals surface area contributed by atoms with Gasteiger partial charge in [-0.15, -0.1) is 0 Å². The summed E-state index contributed by atoms with van der Waals surface area (Å²) in [6.45, 7) is 4.18. The molecule has 0 spiro atoms. The molecule has 0 saturated carbocycles. The highest BCUT2D eigenvalue weighted by atomic mass is 16.4. The Kier molecular flexibility index (Phi) is 3.67. The number of nitrogens with one attached hydrogen (secondary N) is 1. The fourth-order valence-corrected chi connectivity index (χ4v) is 1.94. The molecule has 1 aromatic heterocycles. The first-order valence-electron chi connectivity index (χ1n) is 6.01. The van der Waals surface area contributed by atoms with E-state index in [0.29, 0.717) is 6.54 Å². The summed E-state index contributed by atoms with van der Waals surface area (Å²) in [5, 5.41) is 13.1. The van der Waals surface area contributed by atoms with E-state index in [2.05, 4.69) is 5.32 Å². The molecule has 0 aliphatic rings. The van der Waals surface area contributed by atoms with Crippen molar-refractivity contribution in [1.82, 2.24) is 5.32 Å². The maximum Gasteiger partial charge on any atom is 0.320 e. The molecule has 0 unspecified atom stereocenters. The number of hydrogen-bond acceptors (Lipinski definition) is 3. The first-order chi connectivity index (χ1) is 8.58. The summed E-state index contributed by atoms with van der Waals surface area (Å²) in [5.41, 5.74) is 0.825. The fourth-order valence-electron chi connectivity index (χ4n) is 1.94. The molecule has 18 heavy (non-hydrogen) atoms. The van der Waals surface area contributed by atoms with E-state index in [1.807, 2.05) is 44.2 Å². The van der Waals surface area contributed by atoms with Gasteiger partial charge in [-0.1, -0.05) is 32.0 Å². The van der Waals surface area contributed by atoms with Crippen molar-refractivity contribution < 1.29 is 14.3 Å². The SMILES string of the molecule is CC(C)[C@H](NCc1cc2ccccc2o1)C(=O)O. The normalized spacial score (nSPS) is 13.1. The highest BCUT2D eigenvalue weighted by Gasteiger charge is 2.20. The van der Waals surface area contributed by atoms with Crippen LogP contribution in [0.25, 0.3) is 11.0 Å². The highest BCUT2D eigenvalue weighted by Crippen LogP contribution is 2.18. The minimum atomic E-state index is -0.832. The molecule has 2 aromatic rings. The molecule has 2 N–H and O–H groups in total. The summed E-state index contributed by atoms with van der Waals surface area (Å²) in [6.07, 6.45) is 0. The lowest BCUT2D eigenvalue weighted by atomic mass is 10.0. The van der Waals surface area contributed by atoms with E-state index in [9.17, 15) is 4.79 Å². The van der Waals surface area contributed by atoms with Crippen LogP contribution in [0, 0.1) is 5.92 Å². The van der Waals surface area contributed by atoms with E-state index in [0.717, 1.165) is 16.7 Å². The number of fused-ring (bicyclic) bond motifs is 1. The number of carboxylic acids is 1. The molecule has 4 heteroatoms. The lowest BCUT2D eigenvalue weighted by Crippen LogP contribution is -2.40. The molecule has 0 bridgehead atoms. The van der Waals surface area contributed by atoms with Crippen molar-refractivity contribution in [3.63, 3.8) is 0 Å². The first kappa shape index (κ1) is 12.6. The number of carbonyl (C=O) groups is 1. The number of rotatable bonds is 5. The second-order valence-corrected chi connectivity index (χ2v) is 4.69. The van der Waals surface area contributed by atoms with E-state index < -0.39 is 12.0 Å². The zero-order valence-electron chi connectivity index (χ0n) is 10.5. The van der Waals surface area contributed by atoms with Gasteiger partial charge in [-0.05, 0) is 18.1 Å². The maximum absolute atomic E-state index is 11.0. The molecule has 2 rings (SSSR count). The standard InChI is InChI=1S/C14H17NO3/c1-9(2)13(14(16)17)15-8-11-7-10-5-3-4-6-12(10)18-11/h3-7,9,13,15H,8H2,1-2H3,(H,16,17)/t13-/m0/s1. The molecule has 0 aliphatic carbocycles. The molecule has 0 amide bonds. The molecule has 0 radical (unpaired) electrons. The minimum Gasteiger partial charge on any atom is -0.480 e. The van der Waals surface area contributed by atoms with Gasteiger partial charge in [0.2, 0.25) is 0 Å². The van der Waals surface area contributed by atoms with Crippen molar-refractivity contribution in [2.24, 2.45) is 5.92 Å². The van der Waals surface area contributed by atoms with Crippen molar-refractivity contribution in [2.45, 2.75) is 26.4 Å². The lowest BCUT2D eigenvalue weighted by Gasteiger charge is -2.16. The van der Waals surface area contributed by atoms with E-state index in [4.69, 9.17) is 9.52 Å². The Bertz CT molecular complexity index is 512. The van der Waals surface area contributed by atoms with Crippen LogP contribution in [-0.4, -0.2) is 17.1 Å². The van der Waals surface area contributed by atoms with Crippen LogP contribution in [0.2, 0.25) is 0 Å². The average molecular weight is 247 g/mol. The van der Waals surface area contributed by atoms with Crippen LogP contribution in [-0.2, 0) is 11.3 Å². The van der Waals surface area contributed by atoms with Crippen LogP contribution in [0.3, 0.4) is 0 Å². The van der Waals surface area contributed by atoms with Crippen molar-refractivity contribution in [3.05, 3.63) is 36.1 Å². The molecule has 0 fully saturated rings. The second-order valence-electron chi connectivity index (χ2n) is 4.69. The summed E-state index contributed by atoms with van der Waals surface area (Å²) >= 11 is 0. The quantitative estimate of drug-likeness (QED) is 0.852. The van der Waals surface area contributed by atoms with Crippen molar-refractivity contribution in [1.29, 1.82) is 0 Å². The molecule has 0 saturated heterocycles. The first-order valence-corrected chi connectivity index (χ1v) is 6.01. The maximum atomic E-state index is 11.0. The number of furan rings is 1. The molecular weight excluding hydrogens is 230 g/mol. The van der Waals surface area contributed by atoms with Gasteiger partial charge in [0.25, 0.3) is 0 Å². The summed E-state index contributed by atoms with van der Waals surface area (Å²) in [7, 11) is 0. The van der Waals surface area contributed by atoms with Crippen LogP contribution >= 0.6 is 0 Å². The monoisotopic (exact) mass is 247 g/mol. The Balaban J connectivity index is 2.07. The minimum absolute atomic E-state index is 0.0341. The van der Waals surface area contributed by atoms with Crippen molar-refractivity contribution in [2.75, 3.05) is 0 Å². The Morgan fingerprint density at radius 3 is 2.72 bits per heavy atom. The highest BCUT2D eigenvalue weighted by molar-refractivity contribution is 5.77. The Morgan fingerprint density at radius 1 is 1.39 bits per heavy atom. The zero-order valence-corrected chi connectivity index (χ0v) is 10.5. The molecule has 1 heterocycles. The predicted molar refractivity (Wildman–Crippen MR) is 69.3 cm³/mol. The molecule has 0 aliphatic heterocycles. The second kappa shape index (κ2) is 5.23. The summed E-state index contributed by atoms with van der Waals surface area (Å²) in [6, 6.07) is 9.11. The van der Waals surface area contributed by atoms with Crippen molar-refractivity contribution >= 4 is 16.9 Å². The Morgan fingerprint density at radius 2 is 2.11 bits per heavy atom. The van der Waals surface area contributed by atoms with Crippen LogP contribution < -0.4 is 5.32 Å². The van der Waals surface area contributed by atoms with Gasteiger partial charge in [0.05, 0.1) is 6.54 Å². The number of carboxylic acid groups (broad SMARTS) is 1. The van der Waals surface area contributed by atoms with Gasteiger partial charge in [-0.2, -0.15) is 0 Å². The third-order valence-electron chi connectivity index (χ3n) is 2.91. The predicted octanol–water partition coefficient (Wildman–Crippen LogP) is 2.63. The fraction of sp³-hybridized carbons (Fsp3) is 0.357. The van der Waals surface area contributed by atoms with Crippen LogP contribution in [0.15, 0.2) is 34.7 Å². The number of hydrogen-bond donors (Lipinski definition) is 2. The van der Waals surface area contributed by atoms with E-state index in [1.54, 1.807) is 0 Å². The van der Waals surface area contributed by atoms with E-state index in [1.165, 1.54) is 0 Å². The Labute approximate surface area is 106 Å². The molecular formula is C14H17NO3. The van der Waals surface area contributed by atoms with Gasteiger partial charge < -0.3 is 9.52 Å². The van der Waals surface area contributed by atoms with Crippen LogP contribution in [0.5, 0.6) is 0 Å². The van der Waals surface area contributed by atoms with Gasteiger partial charge in [0, 0.05) is 5.39 Å². The van der Waals surface area contributed by atoms with Crippen LogP contribution in [0.1, 0.15) is 19.6 Å². The van der Waals surface area contributed by atoms with E-state index in [-0.39, 0.29) is 5.92 Å². The lowest BCUT2D eigenvalue weighted by molar-refractivity contribution is -0.140. The Hall–Kier alpha value is -1.81. The van der Waals surface area contributed by atoms with Crippen LogP contribution in [0.4, 0.5) is 0 Å². The van der Waals surface area contributed by atoms with E-state index >= 15 is 0 Å². The molecule has 1 atom stereocenters. The molecule has 4 nitrogen and oxygen atoms in total. The number of para-hydroxylation sites is 1. The topological polar surface area (TPSA) is 62.5 Å². The number of benzene rings is 1. The van der Waals surface area contributed by atoms with Gasteiger partial charge in [0.15, 0.2) is 0 Å². The molecule has 1 aromatic carbocycles. The number of aliphatic carboxylic acids is 1. The third-order valence-corrected chi connectivity index (χ3v) is 2.91. The average Bonchev–Trinajstić information content (AvgIpc) is 2.70. The van der Waals surface area contributed by atoms with Gasteiger partial charge in [0.1, 0.15) is 17.4 Å².